The zero-order valence-electron chi connectivity index (χ0n) is 15.6. The number of rotatable bonds is 8. The minimum atomic E-state index is -0.798. The lowest BCUT2D eigenvalue weighted by Gasteiger charge is -2.18. The molecule has 2 amide bonds. The Hall–Kier alpha value is -3.22. The monoisotopic (exact) mass is 372 g/mol. The Labute approximate surface area is 158 Å². The second-order valence-electron chi connectivity index (χ2n) is 5.72. The number of para-hydroxylation sites is 1. The standard InChI is InChI=1S/C20H24N2O5/c1-4-25-16-10-12-18(13-11-16)27-15(3)20(24)22-21-19(23)14(2)26-17-8-6-5-7-9-17/h5-15H,4H2,1-3H3,(H,21,23)(H,22,24)/t14-,15+/m0/s1. The Bertz CT molecular complexity index is 734. The lowest BCUT2D eigenvalue weighted by Crippen LogP contribution is -2.50. The summed E-state index contributed by atoms with van der Waals surface area (Å²) < 4.78 is 16.4. The van der Waals surface area contributed by atoms with Crippen LogP contribution in [0.4, 0.5) is 0 Å². The van der Waals surface area contributed by atoms with Gasteiger partial charge in [-0.25, -0.2) is 0 Å². The van der Waals surface area contributed by atoms with Crippen LogP contribution in [0.15, 0.2) is 54.6 Å². The quantitative estimate of drug-likeness (QED) is 0.695. The van der Waals surface area contributed by atoms with E-state index in [9.17, 15) is 9.59 Å². The Morgan fingerprint density at radius 3 is 1.70 bits per heavy atom. The van der Waals surface area contributed by atoms with Gasteiger partial charge in [0.2, 0.25) is 0 Å². The lowest BCUT2D eigenvalue weighted by molar-refractivity contribution is -0.135. The molecule has 2 N–H and O–H groups in total. The molecule has 2 aromatic rings. The zero-order valence-corrected chi connectivity index (χ0v) is 15.6. The highest BCUT2D eigenvalue weighted by Crippen LogP contribution is 2.18. The van der Waals surface area contributed by atoms with E-state index in [1.165, 1.54) is 0 Å². The van der Waals surface area contributed by atoms with Crippen molar-refractivity contribution in [2.45, 2.75) is 33.0 Å². The van der Waals surface area contributed by atoms with E-state index in [2.05, 4.69) is 10.9 Å². The predicted molar refractivity (Wildman–Crippen MR) is 101 cm³/mol. The summed E-state index contributed by atoms with van der Waals surface area (Å²) in [6.45, 7) is 5.65. The molecule has 2 atom stereocenters. The third kappa shape index (κ3) is 6.54. The summed E-state index contributed by atoms with van der Waals surface area (Å²) in [5, 5.41) is 0. The SMILES string of the molecule is CCOc1ccc(O[C@H](C)C(=O)NNC(=O)[C@H](C)Oc2ccccc2)cc1. The van der Waals surface area contributed by atoms with Crippen molar-refractivity contribution in [3.63, 3.8) is 0 Å². The van der Waals surface area contributed by atoms with Crippen LogP contribution < -0.4 is 25.1 Å². The minimum absolute atomic E-state index is 0.472. The summed E-state index contributed by atoms with van der Waals surface area (Å²) in [5.74, 6) is 0.859. The molecule has 0 unspecified atom stereocenters. The van der Waals surface area contributed by atoms with Crippen molar-refractivity contribution in [2.24, 2.45) is 0 Å². The van der Waals surface area contributed by atoms with Crippen molar-refractivity contribution in [2.75, 3.05) is 6.61 Å². The second kappa shape index (κ2) is 10.1. The summed E-state index contributed by atoms with van der Waals surface area (Å²) in [7, 11) is 0. The highest BCUT2D eigenvalue weighted by Gasteiger charge is 2.19. The number of hydrazine groups is 1. The van der Waals surface area contributed by atoms with Crippen molar-refractivity contribution >= 4 is 11.8 Å². The van der Waals surface area contributed by atoms with Crippen molar-refractivity contribution in [3.05, 3.63) is 54.6 Å². The fourth-order valence-electron chi connectivity index (χ4n) is 2.12. The predicted octanol–water partition coefficient (Wildman–Crippen LogP) is 2.47. The molecule has 2 rings (SSSR count). The molecule has 0 aromatic heterocycles. The smallest absolute Gasteiger partial charge is 0.279 e. The van der Waals surface area contributed by atoms with E-state index < -0.39 is 24.0 Å². The molecule has 2 aromatic carbocycles. The van der Waals surface area contributed by atoms with Gasteiger partial charge in [-0.1, -0.05) is 18.2 Å². The molecule has 0 fully saturated rings. The van der Waals surface area contributed by atoms with E-state index in [1.54, 1.807) is 50.2 Å². The Morgan fingerprint density at radius 1 is 0.778 bits per heavy atom. The highest BCUT2D eigenvalue weighted by atomic mass is 16.5. The molecule has 7 nitrogen and oxygen atoms in total. The largest absolute Gasteiger partial charge is 0.494 e. The first-order valence-electron chi connectivity index (χ1n) is 8.70. The molecule has 0 heterocycles. The van der Waals surface area contributed by atoms with Crippen LogP contribution >= 0.6 is 0 Å². The van der Waals surface area contributed by atoms with Crippen LogP contribution in [-0.4, -0.2) is 30.6 Å². The van der Waals surface area contributed by atoms with E-state index >= 15 is 0 Å². The fraction of sp³-hybridized carbons (Fsp3) is 0.300. The molecule has 0 bridgehead atoms. The van der Waals surface area contributed by atoms with Crippen molar-refractivity contribution in [1.82, 2.24) is 10.9 Å². The van der Waals surface area contributed by atoms with E-state index in [0.29, 0.717) is 18.1 Å². The highest BCUT2D eigenvalue weighted by molar-refractivity contribution is 5.86. The van der Waals surface area contributed by atoms with Gasteiger partial charge in [-0.05, 0) is 57.2 Å². The Morgan fingerprint density at radius 2 is 1.22 bits per heavy atom. The van der Waals surface area contributed by atoms with Crippen LogP contribution in [0.1, 0.15) is 20.8 Å². The number of hydrogen-bond donors (Lipinski definition) is 2. The molecule has 144 valence electrons. The normalized spacial score (nSPS) is 12.4. The van der Waals surface area contributed by atoms with Gasteiger partial charge in [0.05, 0.1) is 6.61 Å². The number of ether oxygens (including phenoxy) is 3. The summed E-state index contributed by atoms with van der Waals surface area (Å²) in [5.41, 5.74) is 4.66. The van der Waals surface area contributed by atoms with E-state index in [-0.39, 0.29) is 0 Å². The number of hydrogen-bond acceptors (Lipinski definition) is 5. The van der Waals surface area contributed by atoms with Gasteiger partial charge in [0, 0.05) is 0 Å². The minimum Gasteiger partial charge on any atom is -0.494 e. The first-order chi connectivity index (χ1) is 13.0. The lowest BCUT2D eigenvalue weighted by atomic mass is 10.3. The summed E-state index contributed by atoms with van der Waals surface area (Å²) >= 11 is 0. The fourth-order valence-corrected chi connectivity index (χ4v) is 2.12. The van der Waals surface area contributed by atoms with Crippen LogP contribution in [0, 0.1) is 0 Å². The maximum absolute atomic E-state index is 12.1. The van der Waals surface area contributed by atoms with Gasteiger partial charge in [-0.15, -0.1) is 0 Å². The first-order valence-corrected chi connectivity index (χ1v) is 8.70. The van der Waals surface area contributed by atoms with E-state index in [0.717, 1.165) is 5.75 Å². The molecular formula is C20H24N2O5. The van der Waals surface area contributed by atoms with Crippen LogP contribution in [0.5, 0.6) is 17.2 Å². The summed E-state index contributed by atoms with van der Waals surface area (Å²) in [6, 6.07) is 15.9. The molecule has 0 saturated carbocycles. The number of benzene rings is 2. The van der Waals surface area contributed by atoms with Crippen LogP contribution in [0.25, 0.3) is 0 Å². The van der Waals surface area contributed by atoms with Crippen molar-refractivity contribution < 1.29 is 23.8 Å². The van der Waals surface area contributed by atoms with E-state index in [1.807, 2.05) is 25.1 Å². The number of nitrogens with one attached hydrogen (secondary N) is 2. The molecule has 0 aliphatic heterocycles. The summed E-state index contributed by atoms with van der Waals surface area (Å²) in [6.07, 6.45) is -1.57. The first kappa shape index (κ1) is 20.1. The molecule has 0 aliphatic carbocycles. The van der Waals surface area contributed by atoms with Gasteiger partial charge < -0.3 is 14.2 Å². The van der Waals surface area contributed by atoms with Crippen LogP contribution in [-0.2, 0) is 9.59 Å². The Balaban J connectivity index is 1.77. The molecule has 0 aliphatic rings. The van der Waals surface area contributed by atoms with Gasteiger partial charge in [-0.3, -0.25) is 20.4 Å². The average Bonchev–Trinajstić information content (AvgIpc) is 2.68. The third-order valence-corrected chi connectivity index (χ3v) is 3.55. The molecular weight excluding hydrogens is 348 g/mol. The van der Waals surface area contributed by atoms with Gasteiger partial charge in [0.1, 0.15) is 17.2 Å². The topological polar surface area (TPSA) is 85.9 Å². The average molecular weight is 372 g/mol. The molecule has 7 heteroatoms. The van der Waals surface area contributed by atoms with Gasteiger partial charge >= 0.3 is 0 Å². The maximum Gasteiger partial charge on any atom is 0.279 e. The zero-order chi connectivity index (χ0) is 19.6. The number of carbonyl (C=O) groups excluding carboxylic acids is 2. The maximum atomic E-state index is 12.1. The number of amides is 2. The molecule has 0 spiro atoms. The number of carbonyl (C=O) groups is 2. The molecule has 27 heavy (non-hydrogen) atoms. The van der Waals surface area contributed by atoms with Crippen LogP contribution in [0.2, 0.25) is 0 Å². The van der Waals surface area contributed by atoms with Gasteiger partial charge in [0.25, 0.3) is 11.8 Å². The van der Waals surface area contributed by atoms with Crippen molar-refractivity contribution in [1.29, 1.82) is 0 Å². The second-order valence-corrected chi connectivity index (χ2v) is 5.72. The van der Waals surface area contributed by atoms with E-state index in [4.69, 9.17) is 14.2 Å². The van der Waals surface area contributed by atoms with Gasteiger partial charge in [0.15, 0.2) is 12.2 Å². The Kier molecular flexibility index (Phi) is 7.49. The van der Waals surface area contributed by atoms with Crippen molar-refractivity contribution in [3.8, 4) is 17.2 Å². The van der Waals surface area contributed by atoms with Crippen LogP contribution in [0.3, 0.4) is 0 Å². The summed E-state index contributed by atoms with van der Waals surface area (Å²) in [4.78, 5) is 24.1. The molecule has 0 radical (unpaired) electrons. The third-order valence-electron chi connectivity index (χ3n) is 3.55. The van der Waals surface area contributed by atoms with Gasteiger partial charge in [-0.2, -0.15) is 0 Å². The molecule has 0 saturated heterocycles.